The number of imidazole rings is 1. The Labute approximate surface area is 105 Å². The van der Waals surface area contributed by atoms with Crippen LogP contribution in [0.1, 0.15) is 56.7 Å². The quantitative estimate of drug-likeness (QED) is 0.850. The summed E-state index contributed by atoms with van der Waals surface area (Å²) in [6.07, 6.45) is 13.7. The lowest BCUT2D eigenvalue weighted by molar-refractivity contribution is 0.315. The predicted molar refractivity (Wildman–Crippen MR) is 70.8 cm³/mol. The van der Waals surface area contributed by atoms with Crippen molar-refractivity contribution in [1.29, 1.82) is 0 Å². The fraction of sp³-hybridized carbons (Fsp3) is 0.786. The smallest absolute Gasteiger partial charge is 0.0946 e. The van der Waals surface area contributed by atoms with Crippen LogP contribution in [0.2, 0.25) is 0 Å². The van der Waals surface area contributed by atoms with Gasteiger partial charge >= 0.3 is 0 Å². The molecule has 1 aromatic heterocycles. The molecule has 0 radical (unpaired) electrons. The van der Waals surface area contributed by atoms with Crippen molar-refractivity contribution in [2.75, 3.05) is 7.05 Å². The lowest BCUT2D eigenvalue weighted by Gasteiger charge is -2.24. The van der Waals surface area contributed by atoms with Crippen LogP contribution in [0.3, 0.4) is 0 Å². The first-order valence-electron chi connectivity index (χ1n) is 6.94. The van der Waals surface area contributed by atoms with Gasteiger partial charge in [-0.2, -0.15) is 0 Å². The van der Waals surface area contributed by atoms with Crippen molar-refractivity contribution in [2.24, 2.45) is 13.0 Å². The highest BCUT2D eigenvalue weighted by atomic mass is 15.1. The van der Waals surface area contributed by atoms with E-state index in [1.54, 1.807) is 0 Å². The third kappa shape index (κ3) is 3.32. The first-order chi connectivity index (χ1) is 8.31. The lowest BCUT2D eigenvalue weighted by atomic mass is 9.85. The molecule has 0 bridgehead atoms. The minimum absolute atomic E-state index is 0.462. The summed E-state index contributed by atoms with van der Waals surface area (Å²) < 4.78 is 2.13. The standard InChI is InChI=1S/C14H25N3/c1-15-13(14-10-16-11-17(14)2)9-8-12-6-4-3-5-7-12/h10-13,15H,3-9H2,1-2H3. The van der Waals surface area contributed by atoms with Gasteiger partial charge in [0.15, 0.2) is 0 Å². The number of aryl methyl sites for hydroxylation is 1. The third-order valence-corrected chi connectivity index (χ3v) is 4.15. The normalized spacial score (nSPS) is 19.4. The van der Waals surface area contributed by atoms with Crippen LogP contribution in [0.5, 0.6) is 0 Å². The van der Waals surface area contributed by atoms with E-state index in [9.17, 15) is 0 Å². The molecular formula is C14H25N3. The minimum atomic E-state index is 0.462. The van der Waals surface area contributed by atoms with Gasteiger partial charge in [0.05, 0.1) is 12.0 Å². The second-order valence-corrected chi connectivity index (χ2v) is 5.35. The summed E-state index contributed by atoms with van der Waals surface area (Å²) in [5, 5.41) is 3.42. The van der Waals surface area contributed by atoms with Gasteiger partial charge in [-0.15, -0.1) is 0 Å². The Morgan fingerprint density at radius 1 is 1.41 bits per heavy atom. The van der Waals surface area contributed by atoms with E-state index < -0.39 is 0 Å². The topological polar surface area (TPSA) is 29.9 Å². The van der Waals surface area contributed by atoms with Gasteiger partial charge in [-0.25, -0.2) is 4.98 Å². The molecule has 1 unspecified atom stereocenters. The highest BCUT2D eigenvalue weighted by Crippen LogP contribution is 2.30. The van der Waals surface area contributed by atoms with Crippen molar-refractivity contribution >= 4 is 0 Å². The van der Waals surface area contributed by atoms with Crippen LogP contribution in [0.25, 0.3) is 0 Å². The zero-order valence-electron chi connectivity index (χ0n) is 11.2. The van der Waals surface area contributed by atoms with Gasteiger partial charge in [0.1, 0.15) is 0 Å². The van der Waals surface area contributed by atoms with Crippen LogP contribution >= 0.6 is 0 Å². The van der Waals surface area contributed by atoms with Gasteiger partial charge in [0.25, 0.3) is 0 Å². The molecule has 1 aromatic rings. The number of hydrogen-bond donors (Lipinski definition) is 1. The molecule has 1 N–H and O–H groups in total. The van der Waals surface area contributed by atoms with Gasteiger partial charge in [-0.05, 0) is 25.8 Å². The summed E-state index contributed by atoms with van der Waals surface area (Å²) in [5.74, 6) is 0.966. The van der Waals surface area contributed by atoms with Crippen molar-refractivity contribution in [3.8, 4) is 0 Å². The number of aromatic nitrogens is 2. The van der Waals surface area contributed by atoms with E-state index in [0.717, 1.165) is 5.92 Å². The summed E-state index contributed by atoms with van der Waals surface area (Å²) in [7, 11) is 4.13. The number of rotatable bonds is 5. The van der Waals surface area contributed by atoms with Gasteiger partial charge < -0.3 is 9.88 Å². The largest absolute Gasteiger partial charge is 0.336 e. The average molecular weight is 235 g/mol. The van der Waals surface area contributed by atoms with Crippen molar-refractivity contribution in [3.05, 3.63) is 18.2 Å². The number of hydrogen-bond acceptors (Lipinski definition) is 2. The molecule has 3 nitrogen and oxygen atoms in total. The van der Waals surface area contributed by atoms with Crippen LogP contribution in [0.4, 0.5) is 0 Å². The Kier molecular flexibility index (Phi) is 4.60. The van der Waals surface area contributed by atoms with Crippen molar-refractivity contribution < 1.29 is 0 Å². The van der Waals surface area contributed by atoms with Gasteiger partial charge in [0, 0.05) is 19.3 Å². The molecule has 1 heterocycles. The van der Waals surface area contributed by atoms with Crippen molar-refractivity contribution in [2.45, 2.75) is 51.0 Å². The van der Waals surface area contributed by atoms with Crippen LogP contribution in [0.15, 0.2) is 12.5 Å². The molecule has 0 aromatic carbocycles. The monoisotopic (exact) mass is 235 g/mol. The molecule has 96 valence electrons. The van der Waals surface area contributed by atoms with Crippen LogP contribution in [-0.2, 0) is 7.05 Å². The molecular weight excluding hydrogens is 210 g/mol. The van der Waals surface area contributed by atoms with Crippen molar-refractivity contribution in [3.63, 3.8) is 0 Å². The molecule has 0 aliphatic heterocycles. The molecule has 2 rings (SSSR count). The second kappa shape index (κ2) is 6.20. The van der Waals surface area contributed by atoms with Crippen LogP contribution in [0, 0.1) is 5.92 Å². The fourth-order valence-corrected chi connectivity index (χ4v) is 3.02. The molecule has 1 atom stereocenters. The maximum absolute atomic E-state index is 4.21. The number of nitrogens with zero attached hydrogens (tertiary/aromatic N) is 2. The highest BCUT2D eigenvalue weighted by molar-refractivity contribution is 5.04. The number of nitrogens with one attached hydrogen (secondary N) is 1. The molecule has 1 aliphatic rings. The third-order valence-electron chi connectivity index (χ3n) is 4.15. The predicted octanol–water partition coefficient (Wildman–Crippen LogP) is 3.04. The van der Waals surface area contributed by atoms with E-state index in [4.69, 9.17) is 0 Å². The molecule has 17 heavy (non-hydrogen) atoms. The summed E-state index contributed by atoms with van der Waals surface area (Å²) in [6.45, 7) is 0. The van der Waals surface area contributed by atoms with Gasteiger partial charge in [-0.1, -0.05) is 32.1 Å². The fourth-order valence-electron chi connectivity index (χ4n) is 3.02. The highest BCUT2D eigenvalue weighted by Gasteiger charge is 2.17. The van der Waals surface area contributed by atoms with E-state index >= 15 is 0 Å². The molecule has 1 saturated carbocycles. The second-order valence-electron chi connectivity index (χ2n) is 5.35. The molecule has 0 amide bonds. The van der Waals surface area contributed by atoms with E-state index in [1.807, 2.05) is 12.5 Å². The minimum Gasteiger partial charge on any atom is -0.336 e. The molecule has 1 fully saturated rings. The van der Waals surface area contributed by atoms with E-state index in [-0.39, 0.29) is 0 Å². The molecule has 0 saturated heterocycles. The SMILES string of the molecule is CNC(CCC1CCCCC1)c1cncn1C. The Bertz CT molecular complexity index is 326. The lowest BCUT2D eigenvalue weighted by Crippen LogP contribution is -2.20. The maximum Gasteiger partial charge on any atom is 0.0946 e. The Morgan fingerprint density at radius 2 is 2.18 bits per heavy atom. The Balaban J connectivity index is 1.85. The van der Waals surface area contributed by atoms with E-state index in [2.05, 4.69) is 29.0 Å². The summed E-state index contributed by atoms with van der Waals surface area (Å²) in [4.78, 5) is 4.21. The maximum atomic E-state index is 4.21. The molecule has 3 heteroatoms. The van der Waals surface area contributed by atoms with Crippen LogP contribution < -0.4 is 5.32 Å². The first-order valence-corrected chi connectivity index (χ1v) is 6.94. The zero-order chi connectivity index (χ0) is 12.1. The summed E-state index contributed by atoms with van der Waals surface area (Å²) in [6, 6.07) is 0.462. The Morgan fingerprint density at radius 3 is 2.76 bits per heavy atom. The Hall–Kier alpha value is -0.830. The van der Waals surface area contributed by atoms with Crippen molar-refractivity contribution in [1.82, 2.24) is 14.9 Å². The van der Waals surface area contributed by atoms with Gasteiger partial charge in [0.2, 0.25) is 0 Å². The average Bonchev–Trinajstić information content (AvgIpc) is 2.78. The summed E-state index contributed by atoms with van der Waals surface area (Å²) >= 11 is 0. The summed E-state index contributed by atoms with van der Waals surface area (Å²) in [5.41, 5.74) is 1.31. The molecule has 0 spiro atoms. The van der Waals surface area contributed by atoms with Crippen LogP contribution in [-0.4, -0.2) is 16.6 Å². The van der Waals surface area contributed by atoms with E-state index in [1.165, 1.54) is 50.6 Å². The van der Waals surface area contributed by atoms with Gasteiger partial charge in [-0.3, -0.25) is 0 Å². The van der Waals surface area contributed by atoms with E-state index in [0.29, 0.717) is 6.04 Å². The molecule has 1 aliphatic carbocycles. The zero-order valence-corrected chi connectivity index (χ0v) is 11.2. The first kappa shape index (κ1) is 12.6.